The summed E-state index contributed by atoms with van der Waals surface area (Å²) in [5.41, 5.74) is 0.959. The van der Waals surface area contributed by atoms with E-state index in [9.17, 15) is 8.42 Å². The van der Waals surface area contributed by atoms with Gasteiger partial charge in [0.25, 0.3) is 0 Å². The van der Waals surface area contributed by atoms with Crippen molar-refractivity contribution >= 4 is 21.8 Å². The Labute approximate surface area is 106 Å². The molecule has 1 aliphatic carbocycles. The molecule has 0 amide bonds. The van der Waals surface area contributed by atoms with Crippen molar-refractivity contribution in [1.29, 1.82) is 5.41 Å². The summed E-state index contributed by atoms with van der Waals surface area (Å²) in [5.74, 6) is 2.22. The van der Waals surface area contributed by atoms with E-state index in [0.29, 0.717) is 37.5 Å². The van der Waals surface area contributed by atoms with Crippen molar-refractivity contribution in [2.45, 2.75) is 0 Å². The molecular weight excluding hydrogens is 252 g/mol. The Morgan fingerprint density at radius 3 is 2.39 bits per heavy atom. The molecule has 2 N–H and O–H groups in total. The van der Waals surface area contributed by atoms with E-state index >= 15 is 0 Å². The van der Waals surface area contributed by atoms with Crippen molar-refractivity contribution < 1.29 is 8.42 Å². The fourth-order valence-corrected chi connectivity index (χ4v) is 2.82. The van der Waals surface area contributed by atoms with Crippen molar-refractivity contribution in [3.63, 3.8) is 0 Å². The maximum absolute atomic E-state index is 12.0. The lowest BCUT2D eigenvalue weighted by Gasteiger charge is -2.24. The molecular formula is C11H14N4O2S. The number of allylic oxidation sites excluding steroid dienone is 5. The Bertz CT molecular complexity index is 544. The maximum Gasteiger partial charge on any atom is 0.322 e. The molecule has 0 bridgehead atoms. The molecule has 7 heteroatoms. The number of rotatable bonds is 2. The van der Waals surface area contributed by atoms with Gasteiger partial charge in [-0.05, 0) is 30.2 Å². The van der Waals surface area contributed by atoms with Crippen molar-refractivity contribution in [2.75, 3.05) is 26.2 Å². The van der Waals surface area contributed by atoms with E-state index in [1.807, 2.05) is 0 Å². The molecule has 2 aliphatic rings. The van der Waals surface area contributed by atoms with Crippen LogP contribution in [-0.4, -0.2) is 50.5 Å². The summed E-state index contributed by atoms with van der Waals surface area (Å²) >= 11 is 0. The summed E-state index contributed by atoms with van der Waals surface area (Å²) in [7, 11) is -3.60. The van der Waals surface area contributed by atoms with E-state index in [1.165, 1.54) is 4.31 Å². The maximum atomic E-state index is 12.0. The number of hydrogen-bond donors (Lipinski definition) is 2. The first-order valence-electron chi connectivity index (χ1n) is 5.58. The molecule has 1 heterocycles. The van der Waals surface area contributed by atoms with Crippen LogP contribution >= 0.6 is 0 Å². The zero-order chi connectivity index (χ0) is 13.0. The van der Waals surface area contributed by atoms with Gasteiger partial charge in [0.1, 0.15) is 0 Å². The highest BCUT2D eigenvalue weighted by atomic mass is 32.2. The van der Waals surface area contributed by atoms with E-state index in [1.54, 1.807) is 24.3 Å². The van der Waals surface area contributed by atoms with E-state index in [2.05, 4.69) is 15.6 Å². The third-order valence-electron chi connectivity index (χ3n) is 2.63. The fraction of sp³-hybridized carbons (Fsp3) is 0.364. The largest absolute Gasteiger partial charge is 0.322 e. The first kappa shape index (κ1) is 12.9. The average Bonchev–Trinajstić information content (AvgIpc) is 2.40. The van der Waals surface area contributed by atoms with Gasteiger partial charge in [-0.3, -0.25) is 5.41 Å². The molecule has 1 saturated heterocycles. The summed E-state index contributed by atoms with van der Waals surface area (Å²) in [4.78, 5) is 0. The fourth-order valence-electron chi connectivity index (χ4n) is 1.67. The van der Waals surface area contributed by atoms with Crippen molar-refractivity contribution in [2.24, 2.45) is 4.40 Å². The molecule has 18 heavy (non-hydrogen) atoms. The molecule has 0 aromatic carbocycles. The van der Waals surface area contributed by atoms with E-state index < -0.39 is 10.2 Å². The number of hydrogen-bond acceptors (Lipinski definition) is 4. The topological polar surface area (TPSA) is 85.6 Å². The van der Waals surface area contributed by atoms with Crippen LogP contribution in [0, 0.1) is 5.41 Å². The second kappa shape index (κ2) is 5.41. The third kappa shape index (κ3) is 3.02. The van der Waals surface area contributed by atoms with E-state index in [4.69, 9.17) is 5.41 Å². The first-order valence-corrected chi connectivity index (χ1v) is 6.98. The lowest BCUT2D eigenvalue weighted by molar-refractivity contribution is 0.361. The van der Waals surface area contributed by atoms with Crippen LogP contribution in [0.15, 0.2) is 34.3 Å². The van der Waals surface area contributed by atoms with Gasteiger partial charge in [-0.25, -0.2) is 0 Å². The van der Waals surface area contributed by atoms with E-state index in [-0.39, 0.29) is 0 Å². The van der Waals surface area contributed by atoms with Crippen LogP contribution in [0.25, 0.3) is 0 Å². The van der Waals surface area contributed by atoms with Gasteiger partial charge in [-0.2, -0.15) is 17.1 Å². The number of piperazine rings is 1. The summed E-state index contributed by atoms with van der Waals surface area (Å²) in [5, 5.41) is 10.0. The van der Waals surface area contributed by atoms with E-state index in [0.717, 1.165) is 0 Å². The second-order valence-electron chi connectivity index (χ2n) is 3.89. The van der Waals surface area contributed by atoms with Crippen LogP contribution in [0.1, 0.15) is 0 Å². The van der Waals surface area contributed by atoms with Crippen LogP contribution in [0.5, 0.6) is 0 Å². The Kier molecular flexibility index (Phi) is 3.88. The molecule has 1 fully saturated rings. The predicted octanol–water partition coefficient (Wildman–Crippen LogP) is -0.122. The Morgan fingerprint density at radius 2 is 1.83 bits per heavy atom. The molecule has 0 spiro atoms. The Morgan fingerprint density at radius 1 is 1.22 bits per heavy atom. The normalized spacial score (nSPS) is 20.9. The van der Waals surface area contributed by atoms with Crippen molar-refractivity contribution in [3.8, 4) is 0 Å². The highest BCUT2D eigenvalue weighted by molar-refractivity contribution is 7.88. The van der Waals surface area contributed by atoms with Crippen molar-refractivity contribution in [3.05, 3.63) is 29.9 Å². The Hall–Kier alpha value is -1.53. The minimum atomic E-state index is -3.60. The molecule has 6 nitrogen and oxygen atoms in total. The molecule has 0 saturated carbocycles. The van der Waals surface area contributed by atoms with Gasteiger partial charge in [-0.15, -0.1) is 0 Å². The minimum absolute atomic E-state index is 0.368. The quantitative estimate of drug-likeness (QED) is 0.683. The standard InChI is InChI=1S/C11H14N4O2S/c12-9-10-1-3-11(4-2-10)14-18(16,17)15-7-5-13-6-8-15/h1-4,12-13H,5-8H2. The number of nitrogens with one attached hydrogen (secondary N) is 2. The molecule has 0 aromatic heterocycles. The zero-order valence-corrected chi connectivity index (χ0v) is 10.6. The van der Waals surface area contributed by atoms with Gasteiger partial charge < -0.3 is 5.32 Å². The SMILES string of the molecule is N=C=C1C=CC(=NS(=O)(=O)N2CCNCC2)C=C1. The lowest BCUT2D eigenvalue weighted by Crippen LogP contribution is -2.45. The summed E-state index contributed by atoms with van der Waals surface area (Å²) in [6.07, 6.45) is 6.35. The predicted molar refractivity (Wildman–Crippen MR) is 70.3 cm³/mol. The van der Waals surface area contributed by atoms with Crippen molar-refractivity contribution in [1.82, 2.24) is 9.62 Å². The molecule has 0 atom stereocenters. The second-order valence-corrected chi connectivity index (χ2v) is 5.48. The summed E-state index contributed by atoms with van der Waals surface area (Å²) < 4.78 is 29.1. The Balaban J connectivity index is 2.17. The summed E-state index contributed by atoms with van der Waals surface area (Å²) in [6.45, 7) is 2.18. The molecule has 0 aromatic rings. The van der Waals surface area contributed by atoms with Crippen LogP contribution in [-0.2, 0) is 10.2 Å². The lowest BCUT2D eigenvalue weighted by atomic mass is 10.1. The van der Waals surface area contributed by atoms with Gasteiger partial charge in [0.05, 0.1) is 5.71 Å². The third-order valence-corrected chi connectivity index (χ3v) is 4.09. The summed E-state index contributed by atoms with van der Waals surface area (Å²) in [6, 6.07) is 0. The first-order chi connectivity index (χ1) is 8.62. The molecule has 96 valence electrons. The highest BCUT2D eigenvalue weighted by Gasteiger charge is 2.23. The van der Waals surface area contributed by atoms with Crippen LogP contribution in [0.3, 0.4) is 0 Å². The minimum Gasteiger partial charge on any atom is -0.314 e. The van der Waals surface area contributed by atoms with Gasteiger partial charge >= 0.3 is 10.2 Å². The van der Waals surface area contributed by atoms with Crippen LogP contribution < -0.4 is 5.32 Å². The average molecular weight is 266 g/mol. The molecule has 0 unspecified atom stereocenters. The van der Waals surface area contributed by atoms with Gasteiger partial charge in [0, 0.05) is 31.8 Å². The van der Waals surface area contributed by atoms with Gasteiger partial charge in [0.2, 0.25) is 0 Å². The smallest absolute Gasteiger partial charge is 0.314 e. The monoisotopic (exact) mass is 266 g/mol. The zero-order valence-electron chi connectivity index (χ0n) is 9.76. The highest BCUT2D eigenvalue weighted by Crippen LogP contribution is 2.09. The molecule has 0 radical (unpaired) electrons. The molecule has 1 aliphatic heterocycles. The van der Waals surface area contributed by atoms with Crippen LogP contribution in [0.4, 0.5) is 0 Å². The van der Waals surface area contributed by atoms with Gasteiger partial charge in [-0.1, -0.05) is 0 Å². The number of nitrogens with zero attached hydrogens (tertiary/aromatic N) is 2. The van der Waals surface area contributed by atoms with Gasteiger partial charge in [0.15, 0.2) is 0 Å². The van der Waals surface area contributed by atoms with Crippen LogP contribution in [0.2, 0.25) is 0 Å². The molecule has 2 rings (SSSR count).